The van der Waals surface area contributed by atoms with Gasteiger partial charge in [-0.2, -0.15) is 0 Å². The van der Waals surface area contributed by atoms with Gasteiger partial charge in [-0.25, -0.2) is 4.98 Å². The molecule has 0 bridgehead atoms. The van der Waals surface area contributed by atoms with E-state index in [0.29, 0.717) is 6.04 Å². The lowest BCUT2D eigenvalue weighted by molar-refractivity contribution is 0.775. The predicted octanol–water partition coefficient (Wildman–Crippen LogP) is 3.62. The van der Waals surface area contributed by atoms with Crippen LogP contribution < -0.4 is 5.73 Å². The largest absolute Gasteiger partial charge is 0.399 e. The van der Waals surface area contributed by atoms with Crippen LogP contribution in [-0.4, -0.2) is 9.55 Å². The summed E-state index contributed by atoms with van der Waals surface area (Å²) in [5.74, 6) is 1.06. The van der Waals surface area contributed by atoms with Crippen molar-refractivity contribution in [1.29, 1.82) is 0 Å². The van der Waals surface area contributed by atoms with Gasteiger partial charge in [0.05, 0.1) is 11.0 Å². The first-order chi connectivity index (χ1) is 9.33. The summed E-state index contributed by atoms with van der Waals surface area (Å²) in [5.41, 5.74) is 10.1. The normalized spacial score (nSPS) is 14.9. The minimum atomic E-state index is 0.585. The summed E-state index contributed by atoms with van der Waals surface area (Å²) in [6, 6.07) is 16.9. The third kappa shape index (κ3) is 1.70. The van der Waals surface area contributed by atoms with E-state index in [1.165, 1.54) is 18.4 Å². The number of nitrogen functional groups attached to an aromatic ring is 1. The fourth-order valence-corrected chi connectivity index (χ4v) is 2.60. The van der Waals surface area contributed by atoms with Crippen LogP contribution in [0, 0.1) is 0 Å². The molecule has 4 rings (SSSR count). The van der Waals surface area contributed by atoms with Crippen molar-refractivity contribution in [3.8, 4) is 11.4 Å². The zero-order chi connectivity index (χ0) is 12.8. The number of nitrogens with zero attached hydrogens (tertiary/aromatic N) is 2. The summed E-state index contributed by atoms with van der Waals surface area (Å²) in [6.45, 7) is 0. The van der Waals surface area contributed by atoms with Gasteiger partial charge < -0.3 is 10.3 Å². The molecule has 3 heteroatoms. The van der Waals surface area contributed by atoms with E-state index in [1.807, 2.05) is 24.3 Å². The second-order valence-electron chi connectivity index (χ2n) is 5.15. The lowest BCUT2D eigenvalue weighted by Crippen LogP contribution is -1.97. The summed E-state index contributed by atoms with van der Waals surface area (Å²) < 4.78 is 2.35. The number of fused-ring (bicyclic) bond motifs is 1. The first-order valence-corrected chi connectivity index (χ1v) is 6.66. The van der Waals surface area contributed by atoms with Gasteiger partial charge in [0.1, 0.15) is 5.82 Å². The third-order valence-corrected chi connectivity index (χ3v) is 3.66. The molecule has 0 radical (unpaired) electrons. The standard InChI is InChI=1S/C16H15N3/c17-12-6-9-14-15(10-12)19(13-7-8-13)16(18-14)11-4-2-1-3-5-11/h1-6,9-10,13H,7-8,17H2. The van der Waals surface area contributed by atoms with E-state index in [9.17, 15) is 0 Å². The maximum Gasteiger partial charge on any atom is 0.141 e. The van der Waals surface area contributed by atoms with Gasteiger partial charge in [0.2, 0.25) is 0 Å². The molecule has 0 spiro atoms. The number of imidazole rings is 1. The smallest absolute Gasteiger partial charge is 0.141 e. The number of aromatic nitrogens is 2. The van der Waals surface area contributed by atoms with Crippen molar-refractivity contribution in [1.82, 2.24) is 9.55 Å². The van der Waals surface area contributed by atoms with E-state index in [2.05, 4.69) is 28.8 Å². The highest BCUT2D eigenvalue weighted by Gasteiger charge is 2.28. The van der Waals surface area contributed by atoms with E-state index in [0.717, 1.165) is 22.5 Å². The molecule has 0 aliphatic heterocycles. The molecule has 1 heterocycles. The Hall–Kier alpha value is -2.29. The van der Waals surface area contributed by atoms with E-state index in [1.54, 1.807) is 0 Å². The van der Waals surface area contributed by atoms with E-state index < -0.39 is 0 Å². The average molecular weight is 249 g/mol. The Morgan fingerprint density at radius 1 is 1.05 bits per heavy atom. The van der Waals surface area contributed by atoms with Gasteiger partial charge in [-0.05, 0) is 31.0 Å². The van der Waals surface area contributed by atoms with Gasteiger partial charge in [0, 0.05) is 17.3 Å². The quantitative estimate of drug-likeness (QED) is 0.705. The Morgan fingerprint density at radius 2 is 1.84 bits per heavy atom. The number of hydrogen-bond donors (Lipinski definition) is 1. The van der Waals surface area contributed by atoms with Crippen molar-refractivity contribution in [3.63, 3.8) is 0 Å². The van der Waals surface area contributed by atoms with Crippen molar-refractivity contribution in [2.45, 2.75) is 18.9 Å². The van der Waals surface area contributed by atoms with E-state index in [4.69, 9.17) is 10.7 Å². The van der Waals surface area contributed by atoms with Crippen LogP contribution in [0.2, 0.25) is 0 Å². The fourth-order valence-electron chi connectivity index (χ4n) is 2.60. The van der Waals surface area contributed by atoms with Crippen LogP contribution in [0.4, 0.5) is 5.69 Å². The summed E-state index contributed by atoms with van der Waals surface area (Å²) in [6.07, 6.45) is 2.47. The maximum absolute atomic E-state index is 5.92. The zero-order valence-electron chi connectivity index (χ0n) is 10.6. The Kier molecular flexibility index (Phi) is 2.15. The second kappa shape index (κ2) is 3.85. The first-order valence-electron chi connectivity index (χ1n) is 6.66. The zero-order valence-corrected chi connectivity index (χ0v) is 10.6. The van der Waals surface area contributed by atoms with E-state index >= 15 is 0 Å². The maximum atomic E-state index is 5.92. The SMILES string of the molecule is Nc1ccc2nc(-c3ccccc3)n(C3CC3)c2c1. The van der Waals surface area contributed by atoms with Crippen molar-refractivity contribution in [2.75, 3.05) is 5.73 Å². The Morgan fingerprint density at radius 3 is 2.58 bits per heavy atom. The topological polar surface area (TPSA) is 43.8 Å². The molecule has 1 fully saturated rings. The summed E-state index contributed by atoms with van der Waals surface area (Å²) >= 11 is 0. The highest BCUT2D eigenvalue weighted by atomic mass is 15.1. The fraction of sp³-hybridized carbons (Fsp3) is 0.188. The van der Waals surface area contributed by atoms with Gasteiger partial charge >= 0.3 is 0 Å². The van der Waals surface area contributed by atoms with Crippen molar-refractivity contribution >= 4 is 16.7 Å². The highest BCUT2D eigenvalue weighted by molar-refractivity contribution is 5.83. The Bertz CT molecular complexity index is 739. The van der Waals surface area contributed by atoms with E-state index in [-0.39, 0.29) is 0 Å². The van der Waals surface area contributed by atoms with Crippen molar-refractivity contribution in [3.05, 3.63) is 48.5 Å². The van der Waals surface area contributed by atoms with Crippen LogP contribution in [0.1, 0.15) is 18.9 Å². The molecule has 0 atom stereocenters. The molecule has 0 amide bonds. The van der Waals surface area contributed by atoms with Crippen LogP contribution in [0.25, 0.3) is 22.4 Å². The lowest BCUT2D eigenvalue weighted by atomic mass is 10.2. The van der Waals surface area contributed by atoms with Crippen molar-refractivity contribution in [2.24, 2.45) is 0 Å². The summed E-state index contributed by atoms with van der Waals surface area (Å²) in [7, 11) is 0. The third-order valence-electron chi connectivity index (χ3n) is 3.66. The average Bonchev–Trinajstić information content (AvgIpc) is 3.21. The van der Waals surface area contributed by atoms with Gasteiger partial charge in [-0.1, -0.05) is 30.3 Å². The molecule has 3 aromatic rings. The van der Waals surface area contributed by atoms with Gasteiger partial charge in [-0.15, -0.1) is 0 Å². The second-order valence-corrected chi connectivity index (χ2v) is 5.15. The minimum Gasteiger partial charge on any atom is -0.399 e. The number of nitrogens with two attached hydrogens (primary N) is 1. The summed E-state index contributed by atoms with van der Waals surface area (Å²) in [4.78, 5) is 4.79. The lowest BCUT2D eigenvalue weighted by Gasteiger charge is -2.07. The van der Waals surface area contributed by atoms with Crippen LogP contribution in [0.15, 0.2) is 48.5 Å². The van der Waals surface area contributed by atoms with Crippen LogP contribution in [0.5, 0.6) is 0 Å². The number of anilines is 1. The monoisotopic (exact) mass is 249 g/mol. The molecule has 1 saturated carbocycles. The Labute approximate surface area is 111 Å². The molecule has 1 aromatic heterocycles. The first kappa shape index (κ1) is 10.6. The van der Waals surface area contributed by atoms with Gasteiger partial charge in [0.15, 0.2) is 0 Å². The molecular formula is C16H15N3. The molecule has 94 valence electrons. The number of benzene rings is 2. The molecule has 0 unspecified atom stereocenters. The number of rotatable bonds is 2. The molecule has 1 aliphatic carbocycles. The molecule has 19 heavy (non-hydrogen) atoms. The minimum absolute atomic E-state index is 0.585. The van der Waals surface area contributed by atoms with Crippen molar-refractivity contribution < 1.29 is 0 Å². The molecule has 2 N–H and O–H groups in total. The van der Waals surface area contributed by atoms with Crippen LogP contribution in [0.3, 0.4) is 0 Å². The molecule has 2 aromatic carbocycles. The van der Waals surface area contributed by atoms with Gasteiger partial charge in [-0.3, -0.25) is 0 Å². The molecule has 0 saturated heterocycles. The molecule has 3 nitrogen and oxygen atoms in total. The molecule has 1 aliphatic rings. The van der Waals surface area contributed by atoms with Crippen LogP contribution in [-0.2, 0) is 0 Å². The number of hydrogen-bond acceptors (Lipinski definition) is 2. The predicted molar refractivity (Wildman–Crippen MR) is 77.9 cm³/mol. The van der Waals surface area contributed by atoms with Crippen LogP contribution >= 0.6 is 0 Å². The highest BCUT2D eigenvalue weighted by Crippen LogP contribution is 2.41. The summed E-state index contributed by atoms with van der Waals surface area (Å²) in [5, 5.41) is 0. The van der Waals surface area contributed by atoms with Gasteiger partial charge in [0.25, 0.3) is 0 Å². The molecular weight excluding hydrogens is 234 g/mol. The Balaban J connectivity index is 2.02.